The molecule has 5 aromatic rings. The van der Waals surface area contributed by atoms with Crippen LogP contribution < -0.4 is 30.1 Å². The summed E-state index contributed by atoms with van der Waals surface area (Å²) in [6, 6.07) is 21.8. The first-order chi connectivity index (χ1) is 37.8. The van der Waals surface area contributed by atoms with Crippen molar-refractivity contribution in [3.8, 4) is 23.8 Å². The van der Waals surface area contributed by atoms with Crippen LogP contribution >= 0.6 is 0 Å². The van der Waals surface area contributed by atoms with Gasteiger partial charge < -0.3 is 44.4 Å². The minimum Gasteiger partial charge on any atom is -0.593 e. The lowest BCUT2D eigenvalue weighted by molar-refractivity contribution is -0.140. The van der Waals surface area contributed by atoms with E-state index in [0.717, 1.165) is 21.2 Å². The fourth-order valence-electron chi connectivity index (χ4n) is 8.60. The average Bonchev–Trinajstić information content (AvgIpc) is 4.03. The molecule has 0 bridgehead atoms. The molecule has 418 valence electrons. The summed E-state index contributed by atoms with van der Waals surface area (Å²) in [6.07, 6.45) is 8.31. The highest BCUT2D eigenvalue weighted by Gasteiger charge is 2.43. The lowest BCUT2D eigenvalue weighted by atomic mass is 9.99. The van der Waals surface area contributed by atoms with Crippen LogP contribution in [-0.4, -0.2) is 140 Å². The Balaban J connectivity index is 1.13. The van der Waals surface area contributed by atoms with Crippen LogP contribution in [0.4, 0.5) is 4.79 Å². The fraction of sp³-hybridized carbons (Fsp3) is 0.421. The molecule has 0 spiro atoms. The minimum atomic E-state index is -1.69. The van der Waals surface area contributed by atoms with E-state index in [1.54, 1.807) is 63.4 Å². The number of nitrogens with zero attached hydrogens (tertiary/aromatic N) is 5. The molecule has 4 N–H and O–H groups in total. The number of terminal acetylenes is 1. The van der Waals surface area contributed by atoms with Crippen LogP contribution in [0.15, 0.2) is 97.2 Å². The molecule has 4 aromatic carbocycles. The van der Waals surface area contributed by atoms with E-state index in [2.05, 4.69) is 36.9 Å². The Hall–Kier alpha value is -8.16. The average molecular weight is 1100 g/mol. The second-order valence-corrected chi connectivity index (χ2v) is 21.9. The summed E-state index contributed by atoms with van der Waals surface area (Å²) in [5, 5.41) is 18.6. The first-order valence-electron chi connectivity index (χ1n) is 25.9. The molecule has 1 aliphatic carbocycles. The number of esters is 1. The van der Waals surface area contributed by atoms with Gasteiger partial charge in [0.1, 0.15) is 65.4 Å². The van der Waals surface area contributed by atoms with Crippen molar-refractivity contribution >= 4 is 63.7 Å². The second kappa shape index (κ2) is 26.9. The maximum atomic E-state index is 14.9. The molecular weight excluding hydrogens is 1030 g/mol. The molecule has 1 aromatic heterocycles. The van der Waals surface area contributed by atoms with Crippen molar-refractivity contribution in [1.82, 2.24) is 45.5 Å². The van der Waals surface area contributed by atoms with E-state index in [4.69, 9.17) is 25.4 Å². The third-order valence-corrected chi connectivity index (χ3v) is 14.8. The molecular formula is C57H67N9O12S. The van der Waals surface area contributed by atoms with Gasteiger partial charge in [-0.05, 0) is 85.8 Å². The Morgan fingerprint density at radius 2 is 1.49 bits per heavy atom. The van der Waals surface area contributed by atoms with Gasteiger partial charge in [0.15, 0.2) is 0 Å². The molecule has 22 heteroatoms. The Labute approximate surface area is 462 Å². The molecule has 0 radical (unpaired) electrons. The van der Waals surface area contributed by atoms with Crippen LogP contribution in [-0.2, 0) is 75.5 Å². The maximum Gasteiger partial charge on any atom is 0.410 e. The number of likely N-dealkylation sites (tertiary alicyclic amines) is 1. The number of benzene rings is 4. The topological polar surface area (TPSA) is 265 Å². The summed E-state index contributed by atoms with van der Waals surface area (Å²) < 4.78 is 38.8. The monoisotopic (exact) mass is 1100 g/mol. The van der Waals surface area contributed by atoms with Gasteiger partial charge in [0.25, 0.3) is 5.91 Å². The van der Waals surface area contributed by atoms with Crippen molar-refractivity contribution in [3.05, 3.63) is 120 Å². The predicted octanol–water partition coefficient (Wildman–Crippen LogP) is 4.04. The van der Waals surface area contributed by atoms with Gasteiger partial charge in [-0.15, -0.1) is 11.5 Å². The van der Waals surface area contributed by atoms with Crippen LogP contribution in [0.3, 0.4) is 0 Å². The molecule has 1 saturated heterocycles. The van der Waals surface area contributed by atoms with Crippen molar-refractivity contribution in [2.24, 2.45) is 0 Å². The van der Waals surface area contributed by atoms with E-state index in [1.165, 1.54) is 30.7 Å². The van der Waals surface area contributed by atoms with E-state index in [-0.39, 0.29) is 56.7 Å². The Morgan fingerprint density at radius 1 is 0.848 bits per heavy atom. The highest BCUT2D eigenvalue weighted by Crippen LogP contribution is 2.29. The quantitative estimate of drug-likeness (QED) is 0.0386. The largest absolute Gasteiger partial charge is 0.593 e. The lowest BCUT2D eigenvalue weighted by Crippen LogP contribution is -2.58. The summed E-state index contributed by atoms with van der Waals surface area (Å²) >= 11 is -1.69. The minimum absolute atomic E-state index is 0.00335. The number of nitrogens with one attached hydrogen (secondary N) is 4. The number of ether oxygens (including phenoxy) is 4. The second-order valence-electron chi connectivity index (χ2n) is 20.4. The van der Waals surface area contributed by atoms with Crippen molar-refractivity contribution in [3.63, 3.8) is 0 Å². The standard InChI is InChI=1S/C57H67N9O12S/c1-8-27-76-44-22-16-38(17-23-44)29-48(54(71)62-79(74)46-24-25-46)59-53(70)47(30-39-13-19-40-11-9-10-12-41(40)28-39)60-55(72)49-31-43(34-65(49)50(67)32-58-52(69)36(2)64(6)56(73)78-57(3,4)5)66-33-42(61-63-66)35-77-45-20-14-37(15-21-45)18-26-51(68)75-7/h1,9-17,19-23,28,33,36,43,46-49H,18,24-27,29-32,34-35H2,2-7H3,(H,58,69)(H,59,70)(H,60,72)(H,62,71)/t36-,43?,47-,48-,49-,79?/m0/s1. The van der Waals surface area contributed by atoms with Gasteiger partial charge in [-0.3, -0.25) is 33.7 Å². The maximum absolute atomic E-state index is 14.9. The third kappa shape index (κ3) is 16.9. The van der Waals surface area contributed by atoms with Gasteiger partial charge in [0, 0.05) is 52.1 Å². The molecule has 1 aliphatic heterocycles. The number of rotatable bonds is 24. The summed E-state index contributed by atoms with van der Waals surface area (Å²) in [7, 11) is 2.74. The summed E-state index contributed by atoms with van der Waals surface area (Å²) in [4.78, 5) is 98.3. The van der Waals surface area contributed by atoms with Crippen molar-refractivity contribution in [1.29, 1.82) is 0 Å². The van der Waals surface area contributed by atoms with Crippen molar-refractivity contribution in [2.45, 2.75) is 120 Å². The van der Waals surface area contributed by atoms with Gasteiger partial charge in [0.05, 0.1) is 37.3 Å². The number of carbonyl (C=O) groups is 7. The number of aryl methyl sites for hydroxylation is 1. The zero-order chi connectivity index (χ0) is 56.8. The zero-order valence-corrected chi connectivity index (χ0v) is 45.9. The Kier molecular flexibility index (Phi) is 20.0. The van der Waals surface area contributed by atoms with Gasteiger partial charge in [0.2, 0.25) is 23.6 Å². The molecule has 7 rings (SSSR count). The normalized spacial score (nSPS) is 16.5. The summed E-state index contributed by atoms with van der Waals surface area (Å²) in [5.41, 5.74) is 1.85. The van der Waals surface area contributed by atoms with E-state index < -0.39 is 89.3 Å². The number of hydrogen-bond acceptors (Lipinski definition) is 14. The van der Waals surface area contributed by atoms with E-state index in [9.17, 15) is 38.1 Å². The van der Waals surface area contributed by atoms with Gasteiger partial charge in [-0.1, -0.05) is 77.9 Å². The number of hydrogen-bond donors (Lipinski definition) is 4. The first kappa shape index (κ1) is 58.5. The molecule has 2 aliphatic rings. The predicted molar refractivity (Wildman–Crippen MR) is 292 cm³/mol. The van der Waals surface area contributed by atoms with Gasteiger partial charge >= 0.3 is 12.1 Å². The highest BCUT2D eigenvalue weighted by atomic mass is 32.2. The highest BCUT2D eigenvalue weighted by molar-refractivity contribution is 7.90. The molecule has 6 atom stereocenters. The van der Waals surface area contributed by atoms with Crippen LogP contribution in [0.2, 0.25) is 0 Å². The third-order valence-electron chi connectivity index (χ3n) is 13.3. The molecule has 2 unspecified atom stereocenters. The lowest BCUT2D eigenvalue weighted by Gasteiger charge is -2.29. The van der Waals surface area contributed by atoms with Crippen LogP contribution in [0.5, 0.6) is 11.5 Å². The number of aromatic nitrogens is 3. The molecule has 21 nitrogen and oxygen atoms in total. The molecule has 79 heavy (non-hydrogen) atoms. The molecule has 6 amide bonds. The van der Waals surface area contributed by atoms with Gasteiger partial charge in [-0.25, -0.2) is 9.48 Å². The van der Waals surface area contributed by atoms with Crippen molar-refractivity contribution < 1.29 is 57.1 Å². The Morgan fingerprint density at radius 3 is 2.16 bits per heavy atom. The van der Waals surface area contributed by atoms with Crippen LogP contribution in [0, 0.1) is 12.3 Å². The Bertz CT molecular complexity index is 3010. The van der Waals surface area contributed by atoms with Gasteiger partial charge in [-0.2, -0.15) is 4.72 Å². The summed E-state index contributed by atoms with van der Waals surface area (Å²) in [6.45, 7) is 6.01. The number of likely N-dealkylation sites (N-methyl/N-ethyl adjacent to an activating group) is 1. The molecule has 2 heterocycles. The summed E-state index contributed by atoms with van der Waals surface area (Å²) in [5.74, 6) is -0.288. The smallest absolute Gasteiger partial charge is 0.410 e. The molecule has 2 fully saturated rings. The first-order valence-corrected chi connectivity index (χ1v) is 27.2. The number of amides is 6. The van der Waals surface area contributed by atoms with Crippen LogP contribution in [0.1, 0.15) is 81.8 Å². The van der Waals surface area contributed by atoms with E-state index in [1.807, 2.05) is 54.6 Å². The zero-order valence-electron chi connectivity index (χ0n) is 45.1. The van der Waals surface area contributed by atoms with Crippen LogP contribution in [0.25, 0.3) is 10.8 Å². The SMILES string of the molecule is C#CCOc1ccc(C[C@H](NC(=O)[C@H](Cc2ccc3ccccc3c2)NC(=O)[C@@H]2CC(n3cc(COc4ccc(CCC(=O)OC)cc4)nn3)CN2C(=O)CNC(=O)[C@H](C)N(C)C(=O)OC(C)(C)C)C(=O)N[S+]([O-])C2CC2)cc1. The van der Waals surface area contributed by atoms with E-state index in [0.29, 0.717) is 47.6 Å². The fourth-order valence-corrected chi connectivity index (χ4v) is 9.68. The van der Waals surface area contributed by atoms with E-state index >= 15 is 0 Å². The number of methoxy groups -OCH3 is 1. The van der Waals surface area contributed by atoms with Crippen molar-refractivity contribution in [2.75, 3.05) is 33.9 Å². The molecule has 1 saturated carbocycles. The number of fused-ring (bicyclic) bond motifs is 1. The number of carbonyl (C=O) groups excluding carboxylic acids is 7.